The molecule has 4 heteroatoms. The minimum Gasteiger partial charge on any atom is -0.314 e. The van der Waals surface area contributed by atoms with Gasteiger partial charge in [-0.15, -0.1) is 0 Å². The van der Waals surface area contributed by atoms with E-state index in [0.717, 1.165) is 37.9 Å². The minimum absolute atomic E-state index is 0.474. The molecule has 1 N–H and O–H groups in total. The third-order valence-corrected chi connectivity index (χ3v) is 3.71. The molecule has 21 heavy (non-hydrogen) atoms. The highest BCUT2D eigenvalue weighted by atomic mass is 15.3. The van der Waals surface area contributed by atoms with Crippen molar-refractivity contribution in [3.8, 4) is 0 Å². The van der Waals surface area contributed by atoms with E-state index in [0.29, 0.717) is 6.04 Å². The average molecular weight is 286 g/mol. The van der Waals surface area contributed by atoms with E-state index in [2.05, 4.69) is 40.5 Å². The van der Waals surface area contributed by atoms with Crippen LogP contribution in [0.2, 0.25) is 0 Å². The Morgan fingerprint density at radius 2 is 2.19 bits per heavy atom. The Bertz CT molecular complexity index is 533. The van der Waals surface area contributed by atoms with E-state index in [1.165, 1.54) is 11.4 Å². The summed E-state index contributed by atoms with van der Waals surface area (Å²) < 4.78 is 2.00. The van der Waals surface area contributed by atoms with Crippen LogP contribution in [0, 0.1) is 6.92 Å². The molecule has 1 unspecified atom stereocenters. The molecule has 0 aliphatic carbocycles. The van der Waals surface area contributed by atoms with Gasteiger partial charge in [-0.05, 0) is 50.9 Å². The Morgan fingerprint density at radius 3 is 2.81 bits per heavy atom. The second kappa shape index (κ2) is 7.93. The summed E-state index contributed by atoms with van der Waals surface area (Å²) in [5.74, 6) is 0. The first-order valence-electron chi connectivity index (χ1n) is 7.82. The van der Waals surface area contributed by atoms with Crippen molar-refractivity contribution in [3.05, 3.63) is 47.5 Å². The lowest BCUT2D eigenvalue weighted by Gasteiger charge is -2.18. The smallest absolute Gasteiger partial charge is 0.0596 e. The predicted octanol–water partition coefficient (Wildman–Crippen LogP) is 2.67. The zero-order valence-corrected chi connectivity index (χ0v) is 13.3. The van der Waals surface area contributed by atoms with E-state index in [9.17, 15) is 0 Å². The number of hydrogen-bond acceptors (Lipinski definition) is 3. The fourth-order valence-corrected chi connectivity index (χ4v) is 2.60. The van der Waals surface area contributed by atoms with Gasteiger partial charge in [-0.1, -0.05) is 13.0 Å². The van der Waals surface area contributed by atoms with Gasteiger partial charge in [0, 0.05) is 37.1 Å². The maximum atomic E-state index is 4.44. The second-order valence-electron chi connectivity index (χ2n) is 5.62. The molecular formula is C17H26N4. The van der Waals surface area contributed by atoms with Crippen LogP contribution in [-0.2, 0) is 19.9 Å². The quantitative estimate of drug-likeness (QED) is 0.811. The zero-order chi connectivity index (χ0) is 15.1. The summed E-state index contributed by atoms with van der Waals surface area (Å²) in [6.07, 6.45) is 6.16. The van der Waals surface area contributed by atoms with Crippen molar-refractivity contribution in [1.29, 1.82) is 0 Å². The molecule has 2 aromatic heterocycles. The summed E-state index contributed by atoms with van der Waals surface area (Å²) in [6, 6.07) is 8.78. The van der Waals surface area contributed by atoms with E-state index in [1.807, 2.05) is 30.9 Å². The molecule has 0 aromatic carbocycles. The lowest BCUT2D eigenvalue weighted by atomic mass is 10.0. The van der Waals surface area contributed by atoms with Crippen LogP contribution in [0.1, 0.15) is 36.8 Å². The third kappa shape index (κ3) is 4.97. The van der Waals surface area contributed by atoms with Crippen LogP contribution in [0.5, 0.6) is 0 Å². The van der Waals surface area contributed by atoms with E-state index < -0.39 is 0 Å². The van der Waals surface area contributed by atoms with Crippen molar-refractivity contribution in [2.24, 2.45) is 7.05 Å². The summed E-state index contributed by atoms with van der Waals surface area (Å²) in [5, 5.41) is 8.09. The Hall–Kier alpha value is -1.68. The summed E-state index contributed by atoms with van der Waals surface area (Å²) in [6.45, 7) is 5.31. The Kier molecular flexibility index (Phi) is 5.93. The molecule has 0 amide bonds. The molecule has 2 rings (SSSR count). The number of pyridine rings is 1. The second-order valence-corrected chi connectivity index (χ2v) is 5.62. The molecule has 0 bridgehead atoms. The van der Waals surface area contributed by atoms with Crippen LogP contribution >= 0.6 is 0 Å². The fraction of sp³-hybridized carbons (Fsp3) is 0.529. The molecule has 0 radical (unpaired) electrons. The molecule has 1 atom stereocenters. The number of aryl methyl sites for hydroxylation is 3. The first-order chi connectivity index (χ1) is 10.2. The number of rotatable bonds is 8. The molecule has 0 saturated heterocycles. The average Bonchev–Trinajstić information content (AvgIpc) is 2.80. The molecular weight excluding hydrogens is 260 g/mol. The van der Waals surface area contributed by atoms with Gasteiger partial charge >= 0.3 is 0 Å². The molecule has 0 aliphatic rings. The van der Waals surface area contributed by atoms with Crippen LogP contribution in [0.15, 0.2) is 30.5 Å². The van der Waals surface area contributed by atoms with Crippen molar-refractivity contribution in [1.82, 2.24) is 20.1 Å². The molecule has 114 valence electrons. The molecule has 0 fully saturated rings. The van der Waals surface area contributed by atoms with Gasteiger partial charge in [0.1, 0.15) is 0 Å². The van der Waals surface area contributed by atoms with Crippen molar-refractivity contribution < 1.29 is 0 Å². The Balaban J connectivity index is 1.95. The van der Waals surface area contributed by atoms with E-state index in [1.54, 1.807) is 0 Å². The maximum absolute atomic E-state index is 4.44. The van der Waals surface area contributed by atoms with Crippen LogP contribution in [-0.4, -0.2) is 27.4 Å². The highest BCUT2D eigenvalue weighted by Crippen LogP contribution is 2.10. The maximum Gasteiger partial charge on any atom is 0.0596 e. The Morgan fingerprint density at radius 1 is 1.33 bits per heavy atom. The van der Waals surface area contributed by atoms with Crippen molar-refractivity contribution >= 4 is 0 Å². The molecule has 0 spiro atoms. The summed E-state index contributed by atoms with van der Waals surface area (Å²) in [4.78, 5) is 4.41. The fourth-order valence-electron chi connectivity index (χ4n) is 2.60. The molecule has 0 saturated carbocycles. The first kappa shape index (κ1) is 15.7. The van der Waals surface area contributed by atoms with Crippen molar-refractivity contribution in [2.75, 3.05) is 6.54 Å². The van der Waals surface area contributed by atoms with Crippen LogP contribution < -0.4 is 5.32 Å². The number of nitrogens with one attached hydrogen (secondary N) is 1. The van der Waals surface area contributed by atoms with Crippen LogP contribution in [0.3, 0.4) is 0 Å². The van der Waals surface area contributed by atoms with Gasteiger partial charge in [-0.2, -0.15) is 5.10 Å². The van der Waals surface area contributed by atoms with Crippen molar-refractivity contribution in [2.45, 2.75) is 45.6 Å². The van der Waals surface area contributed by atoms with Gasteiger partial charge in [0.2, 0.25) is 0 Å². The highest BCUT2D eigenvalue weighted by Gasteiger charge is 2.12. The lowest BCUT2D eigenvalue weighted by molar-refractivity contribution is 0.464. The summed E-state index contributed by atoms with van der Waals surface area (Å²) in [5.41, 5.74) is 3.55. The topological polar surface area (TPSA) is 42.7 Å². The van der Waals surface area contributed by atoms with Gasteiger partial charge in [0.25, 0.3) is 0 Å². The molecule has 2 aromatic rings. The van der Waals surface area contributed by atoms with Gasteiger partial charge in [-0.3, -0.25) is 9.67 Å². The summed E-state index contributed by atoms with van der Waals surface area (Å²) >= 11 is 0. The Labute approximate surface area is 127 Å². The molecule has 4 nitrogen and oxygen atoms in total. The number of aromatic nitrogens is 3. The standard InChI is InChI=1S/C17H26N4/c1-4-10-18-16(9-8-15-7-5-6-11-19-15)13-17-12-14(2)20-21(17)3/h5-7,11-12,16,18H,4,8-10,13H2,1-3H3. The zero-order valence-electron chi connectivity index (χ0n) is 13.3. The van der Waals surface area contributed by atoms with Crippen molar-refractivity contribution in [3.63, 3.8) is 0 Å². The van der Waals surface area contributed by atoms with Crippen LogP contribution in [0.4, 0.5) is 0 Å². The largest absolute Gasteiger partial charge is 0.314 e. The summed E-state index contributed by atoms with van der Waals surface area (Å²) in [7, 11) is 2.03. The third-order valence-electron chi connectivity index (χ3n) is 3.71. The highest BCUT2D eigenvalue weighted by molar-refractivity contribution is 5.10. The van der Waals surface area contributed by atoms with Gasteiger partial charge in [0.05, 0.1) is 5.69 Å². The van der Waals surface area contributed by atoms with Gasteiger partial charge in [0.15, 0.2) is 0 Å². The van der Waals surface area contributed by atoms with E-state index >= 15 is 0 Å². The lowest BCUT2D eigenvalue weighted by Crippen LogP contribution is -2.33. The normalized spacial score (nSPS) is 12.5. The predicted molar refractivity (Wildman–Crippen MR) is 86.3 cm³/mol. The van der Waals surface area contributed by atoms with Gasteiger partial charge < -0.3 is 5.32 Å². The van der Waals surface area contributed by atoms with E-state index in [4.69, 9.17) is 0 Å². The van der Waals surface area contributed by atoms with Crippen LogP contribution in [0.25, 0.3) is 0 Å². The first-order valence-corrected chi connectivity index (χ1v) is 7.82. The molecule has 0 aliphatic heterocycles. The van der Waals surface area contributed by atoms with E-state index in [-0.39, 0.29) is 0 Å². The van der Waals surface area contributed by atoms with Gasteiger partial charge in [-0.25, -0.2) is 0 Å². The SMILES string of the molecule is CCCNC(CCc1ccccn1)Cc1cc(C)nn1C. The monoisotopic (exact) mass is 286 g/mol. The minimum atomic E-state index is 0.474. The molecule has 2 heterocycles. The number of hydrogen-bond donors (Lipinski definition) is 1. The number of nitrogens with zero attached hydrogens (tertiary/aromatic N) is 3.